The van der Waals surface area contributed by atoms with Crippen LogP contribution < -0.4 is 4.90 Å². The summed E-state index contributed by atoms with van der Waals surface area (Å²) in [5.74, 6) is 2.83. The molecule has 0 radical (unpaired) electrons. The zero-order chi connectivity index (χ0) is 22.1. The van der Waals surface area contributed by atoms with Gasteiger partial charge in [-0.05, 0) is 83.6 Å². The van der Waals surface area contributed by atoms with E-state index in [1.807, 2.05) is 0 Å². The summed E-state index contributed by atoms with van der Waals surface area (Å²) in [4.78, 5) is 2.34. The van der Waals surface area contributed by atoms with Gasteiger partial charge in [-0.3, -0.25) is 0 Å². The standard InChI is InChI=1S/C31H27N/c1-4-23-17-19-27-28-20-18-26(22-30(28)31(5-2,6-3)29(27)21-23)32(24-13-9-7-10-14-24)25-15-11-8-12-16-25/h1,7-22H,5-6H2,2-3H3. The van der Waals surface area contributed by atoms with Crippen LogP contribution in [0.15, 0.2) is 97.1 Å². The van der Waals surface area contributed by atoms with Crippen molar-refractivity contribution in [3.8, 4) is 23.5 Å². The number of para-hydroxylation sites is 2. The van der Waals surface area contributed by atoms with Crippen molar-refractivity contribution in [3.05, 3.63) is 114 Å². The van der Waals surface area contributed by atoms with Crippen LogP contribution in [0.3, 0.4) is 0 Å². The van der Waals surface area contributed by atoms with Crippen LogP contribution in [0.25, 0.3) is 11.1 Å². The number of anilines is 3. The second-order valence-electron chi connectivity index (χ2n) is 8.43. The van der Waals surface area contributed by atoms with Gasteiger partial charge in [0.25, 0.3) is 0 Å². The molecule has 0 atom stereocenters. The lowest BCUT2D eigenvalue weighted by molar-refractivity contribution is 0.490. The third-order valence-electron chi connectivity index (χ3n) is 7.00. The quantitative estimate of drug-likeness (QED) is 0.298. The van der Waals surface area contributed by atoms with E-state index in [0.29, 0.717) is 0 Å². The van der Waals surface area contributed by atoms with Crippen LogP contribution in [0, 0.1) is 12.3 Å². The minimum Gasteiger partial charge on any atom is -0.310 e. The summed E-state index contributed by atoms with van der Waals surface area (Å²) in [7, 11) is 0. The molecule has 4 aromatic carbocycles. The first-order valence-corrected chi connectivity index (χ1v) is 11.4. The molecule has 32 heavy (non-hydrogen) atoms. The Hall–Kier alpha value is -3.76. The molecule has 4 aromatic rings. The summed E-state index contributed by atoms with van der Waals surface area (Å²) in [6.07, 6.45) is 7.84. The maximum Gasteiger partial charge on any atom is 0.0465 e. The molecule has 0 spiro atoms. The van der Waals surface area contributed by atoms with E-state index in [-0.39, 0.29) is 5.41 Å². The smallest absolute Gasteiger partial charge is 0.0465 e. The number of rotatable bonds is 5. The molecule has 0 amide bonds. The fraction of sp³-hybridized carbons (Fsp3) is 0.161. The summed E-state index contributed by atoms with van der Waals surface area (Å²) < 4.78 is 0. The summed E-state index contributed by atoms with van der Waals surface area (Å²) in [6, 6.07) is 34.6. The Bertz CT molecular complexity index is 1250. The third kappa shape index (κ3) is 3.03. The van der Waals surface area contributed by atoms with Crippen molar-refractivity contribution < 1.29 is 0 Å². The molecule has 0 aliphatic heterocycles. The van der Waals surface area contributed by atoms with Gasteiger partial charge in [0.05, 0.1) is 0 Å². The van der Waals surface area contributed by atoms with E-state index in [4.69, 9.17) is 6.42 Å². The average molecular weight is 414 g/mol. The molecule has 0 unspecified atom stereocenters. The van der Waals surface area contributed by atoms with Gasteiger partial charge in [-0.2, -0.15) is 0 Å². The molecule has 1 aliphatic rings. The molecule has 0 fully saturated rings. The second-order valence-corrected chi connectivity index (χ2v) is 8.43. The van der Waals surface area contributed by atoms with E-state index in [0.717, 1.165) is 29.8 Å². The topological polar surface area (TPSA) is 3.24 Å². The molecule has 0 saturated heterocycles. The first-order valence-electron chi connectivity index (χ1n) is 11.4. The molecule has 0 heterocycles. The van der Waals surface area contributed by atoms with Crippen LogP contribution in [0.2, 0.25) is 0 Å². The van der Waals surface area contributed by atoms with Gasteiger partial charge in [0.2, 0.25) is 0 Å². The lowest BCUT2D eigenvalue weighted by Gasteiger charge is -2.31. The molecular formula is C31H27N. The van der Waals surface area contributed by atoms with Crippen molar-refractivity contribution >= 4 is 17.1 Å². The Balaban J connectivity index is 1.73. The molecule has 1 heteroatoms. The second kappa shape index (κ2) is 8.06. The van der Waals surface area contributed by atoms with Gasteiger partial charge in [-0.1, -0.05) is 68.3 Å². The Morgan fingerprint density at radius 1 is 0.656 bits per heavy atom. The first-order chi connectivity index (χ1) is 15.7. The number of terminal acetylenes is 1. The molecule has 5 rings (SSSR count). The molecule has 0 bridgehead atoms. The molecule has 0 aromatic heterocycles. The van der Waals surface area contributed by atoms with Crippen molar-refractivity contribution in [2.75, 3.05) is 4.90 Å². The predicted molar refractivity (Wildman–Crippen MR) is 136 cm³/mol. The average Bonchev–Trinajstić information content (AvgIpc) is 3.14. The van der Waals surface area contributed by atoms with Gasteiger partial charge in [0.15, 0.2) is 0 Å². The summed E-state index contributed by atoms with van der Waals surface area (Å²) in [6.45, 7) is 4.59. The minimum atomic E-state index is -0.0212. The van der Waals surface area contributed by atoms with Crippen molar-refractivity contribution in [3.63, 3.8) is 0 Å². The maximum absolute atomic E-state index is 5.76. The fourth-order valence-corrected chi connectivity index (χ4v) is 5.33. The van der Waals surface area contributed by atoms with Crippen molar-refractivity contribution in [1.82, 2.24) is 0 Å². The Labute approximate surface area is 191 Å². The van der Waals surface area contributed by atoms with Gasteiger partial charge >= 0.3 is 0 Å². The monoisotopic (exact) mass is 413 g/mol. The summed E-state index contributed by atoms with van der Waals surface area (Å²) in [5.41, 5.74) is 9.85. The van der Waals surface area contributed by atoms with Crippen molar-refractivity contribution in [2.24, 2.45) is 0 Å². The molecule has 1 nitrogen and oxygen atoms in total. The SMILES string of the molecule is C#Cc1ccc2c(c1)C(CC)(CC)c1cc(N(c3ccccc3)c3ccccc3)ccc1-2. The number of fused-ring (bicyclic) bond motifs is 3. The number of hydrogen-bond donors (Lipinski definition) is 0. The highest BCUT2D eigenvalue weighted by atomic mass is 15.1. The molecular weight excluding hydrogens is 386 g/mol. The van der Waals surface area contributed by atoms with Crippen LogP contribution in [0.1, 0.15) is 43.4 Å². The molecule has 156 valence electrons. The largest absolute Gasteiger partial charge is 0.310 e. The Kier molecular flexibility index (Phi) is 5.08. The van der Waals surface area contributed by atoms with E-state index in [1.165, 1.54) is 27.9 Å². The predicted octanol–water partition coefficient (Wildman–Crippen LogP) is 8.22. The highest BCUT2D eigenvalue weighted by Gasteiger charge is 2.41. The highest BCUT2D eigenvalue weighted by Crippen LogP contribution is 2.54. The Morgan fingerprint density at radius 2 is 1.19 bits per heavy atom. The van der Waals surface area contributed by atoms with Crippen LogP contribution >= 0.6 is 0 Å². The lowest BCUT2D eigenvalue weighted by atomic mass is 9.73. The lowest BCUT2D eigenvalue weighted by Crippen LogP contribution is -2.23. The number of nitrogens with zero attached hydrogens (tertiary/aromatic N) is 1. The van der Waals surface area contributed by atoms with Gasteiger partial charge in [0, 0.05) is 28.0 Å². The zero-order valence-corrected chi connectivity index (χ0v) is 18.7. The van der Waals surface area contributed by atoms with Gasteiger partial charge in [0.1, 0.15) is 0 Å². The van der Waals surface area contributed by atoms with Crippen molar-refractivity contribution in [2.45, 2.75) is 32.1 Å². The maximum atomic E-state index is 5.76. The first kappa shape index (κ1) is 20.2. The highest BCUT2D eigenvalue weighted by molar-refractivity contribution is 5.86. The van der Waals surface area contributed by atoms with Crippen LogP contribution in [-0.4, -0.2) is 0 Å². The van der Waals surface area contributed by atoms with Gasteiger partial charge in [-0.15, -0.1) is 6.42 Å². The molecule has 0 N–H and O–H groups in total. The van der Waals surface area contributed by atoms with E-state index in [9.17, 15) is 0 Å². The number of benzene rings is 4. The Morgan fingerprint density at radius 3 is 1.72 bits per heavy atom. The summed E-state index contributed by atoms with van der Waals surface area (Å²) >= 11 is 0. The minimum absolute atomic E-state index is 0.0212. The van der Waals surface area contributed by atoms with Crippen LogP contribution in [0.5, 0.6) is 0 Å². The summed E-state index contributed by atoms with van der Waals surface area (Å²) in [5, 5.41) is 0. The van der Waals surface area contributed by atoms with Crippen molar-refractivity contribution in [1.29, 1.82) is 0 Å². The van der Waals surface area contributed by atoms with E-state index in [1.54, 1.807) is 0 Å². The van der Waals surface area contributed by atoms with E-state index in [2.05, 4.69) is 122 Å². The van der Waals surface area contributed by atoms with Gasteiger partial charge < -0.3 is 4.90 Å². The third-order valence-corrected chi connectivity index (χ3v) is 7.00. The van der Waals surface area contributed by atoms with Crippen LogP contribution in [0.4, 0.5) is 17.1 Å². The normalized spacial score (nSPS) is 13.2. The fourth-order valence-electron chi connectivity index (χ4n) is 5.33. The van der Waals surface area contributed by atoms with E-state index < -0.39 is 0 Å². The molecule has 1 aliphatic carbocycles. The van der Waals surface area contributed by atoms with E-state index >= 15 is 0 Å². The number of hydrogen-bond acceptors (Lipinski definition) is 1. The zero-order valence-electron chi connectivity index (χ0n) is 18.7. The molecule has 0 saturated carbocycles. The van der Waals surface area contributed by atoms with Gasteiger partial charge in [-0.25, -0.2) is 0 Å². The van der Waals surface area contributed by atoms with Crippen LogP contribution in [-0.2, 0) is 5.41 Å².